The fourth-order valence-corrected chi connectivity index (χ4v) is 3.05. The topological polar surface area (TPSA) is 78.4 Å². The number of nitrogens with one attached hydrogen (secondary N) is 1. The summed E-state index contributed by atoms with van der Waals surface area (Å²) < 4.78 is 14.0. The van der Waals surface area contributed by atoms with Gasteiger partial charge in [0.15, 0.2) is 0 Å². The maximum atomic E-state index is 14.0. The molecule has 1 aromatic carbocycles. The Morgan fingerprint density at radius 2 is 2.22 bits per heavy atom. The molecule has 0 saturated heterocycles. The Hall–Kier alpha value is -2.28. The molecule has 0 unspecified atom stereocenters. The first kappa shape index (κ1) is 15.6. The molecule has 0 spiro atoms. The van der Waals surface area contributed by atoms with E-state index in [1.54, 1.807) is 12.1 Å². The summed E-state index contributed by atoms with van der Waals surface area (Å²) in [6.07, 6.45) is 3.06. The second-order valence-corrected chi connectivity index (χ2v) is 5.78. The lowest BCUT2D eigenvalue weighted by Gasteiger charge is -2.42. The van der Waals surface area contributed by atoms with Crippen LogP contribution in [0.1, 0.15) is 19.8 Å². The smallest absolute Gasteiger partial charge is 0.317 e. The molecular weight excluding hydrogens is 299 g/mol. The number of hydrogen-bond donors (Lipinski definition) is 2. The van der Waals surface area contributed by atoms with E-state index in [1.807, 2.05) is 11.8 Å². The summed E-state index contributed by atoms with van der Waals surface area (Å²) in [5.41, 5.74) is 0.569. The molecule has 6 nitrogen and oxygen atoms in total. The molecule has 122 valence electrons. The van der Waals surface area contributed by atoms with E-state index in [4.69, 9.17) is 5.11 Å². The minimum absolute atomic E-state index is 0.0545. The average Bonchev–Trinajstić information content (AvgIpc) is 2.48. The predicted octanol–water partition coefficient (Wildman–Crippen LogP) is 2.12. The molecule has 0 aliphatic heterocycles. The van der Waals surface area contributed by atoms with Crippen LogP contribution in [-0.2, 0) is 4.79 Å². The zero-order chi connectivity index (χ0) is 16.4. The summed E-state index contributed by atoms with van der Waals surface area (Å²) in [7, 11) is 0. The van der Waals surface area contributed by atoms with Crippen molar-refractivity contribution in [1.29, 1.82) is 0 Å². The molecule has 0 bridgehead atoms. The quantitative estimate of drug-likeness (QED) is 0.849. The Balaban J connectivity index is 1.68. The number of aromatic nitrogens is 2. The maximum Gasteiger partial charge on any atom is 0.317 e. The number of carboxylic acids is 1. The Labute approximate surface area is 133 Å². The van der Waals surface area contributed by atoms with Gasteiger partial charge in [0.05, 0.1) is 17.4 Å². The van der Waals surface area contributed by atoms with Crippen LogP contribution in [0.15, 0.2) is 24.5 Å². The number of nitrogens with zero attached hydrogens (tertiary/aromatic N) is 3. The van der Waals surface area contributed by atoms with E-state index in [9.17, 15) is 9.18 Å². The first-order valence-electron chi connectivity index (χ1n) is 7.70. The number of halogens is 1. The summed E-state index contributed by atoms with van der Waals surface area (Å²) in [5.74, 6) is -0.660. The van der Waals surface area contributed by atoms with E-state index < -0.39 is 5.97 Å². The van der Waals surface area contributed by atoms with Gasteiger partial charge < -0.3 is 10.4 Å². The number of rotatable bonds is 6. The molecule has 1 fully saturated rings. The van der Waals surface area contributed by atoms with Gasteiger partial charge in [-0.3, -0.25) is 9.69 Å². The van der Waals surface area contributed by atoms with Crippen molar-refractivity contribution in [2.45, 2.75) is 31.8 Å². The monoisotopic (exact) mass is 318 g/mol. The van der Waals surface area contributed by atoms with Crippen LogP contribution in [0.5, 0.6) is 0 Å². The van der Waals surface area contributed by atoms with Crippen molar-refractivity contribution in [2.75, 3.05) is 18.4 Å². The van der Waals surface area contributed by atoms with Gasteiger partial charge in [0.1, 0.15) is 18.0 Å². The molecule has 1 aliphatic carbocycles. The molecular formula is C16H19FN4O2. The van der Waals surface area contributed by atoms with Crippen molar-refractivity contribution in [3.63, 3.8) is 0 Å². The highest BCUT2D eigenvalue weighted by Gasteiger charge is 2.34. The third-order valence-electron chi connectivity index (χ3n) is 4.33. The van der Waals surface area contributed by atoms with Crippen molar-refractivity contribution in [1.82, 2.24) is 14.9 Å². The Morgan fingerprint density at radius 3 is 2.91 bits per heavy atom. The number of hydrogen-bond acceptors (Lipinski definition) is 5. The Kier molecular flexibility index (Phi) is 4.38. The number of aliphatic carboxylic acids is 1. The number of fused-ring (bicyclic) bond motifs is 1. The lowest BCUT2D eigenvalue weighted by molar-refractivity contribution is -0.139. The predicted molar refractivity (Wildman–Crippen MR) is 84.8 cm³/mol. The van der Waals surface area contributed by atoms with E-state index in [-0.39, 0.29) is 24.4 Å². The lowest BCUT2D eigenvalue weighted by atomic mass is 9.85. The Bertz CT molecular complexity index is 713. The van der Waals surface area contributed by atoms with E-state index in [0.29, 0.717) is 23.3 Å². The van der Waals surface area contributed by atoms with E-state index >= 15 is 0 Å². The lowest BCUT2D eigenvalue weighted by Crippen LogP contribution is -2.51. The van der Waals surface area contributed by atoms with Crippen LogP contribution in [0.2, 0.25) is 0 Å². The fourth-order valence-electron chi connectivity index (χ4n) is 3.05. The highest BCUT2D eigenvalue weighted by atomic mass is 19.1. The number of carbonyl (C=O) groups is 1. The van der Waals surface area contributed by atoms with Crippen LogP contribution in [0, 0.1) is 5.82 Å². The zero-order valence-corrected chi connectivity index (χ0v) is 12.9. The van der Waals surface area contributed by atoms with Crippen molar-refractivity contribution < 1.29 is 14.3 Å². The second-order valence-electron chi connectivity index (χ2n) is 5.78. The number of carboxylic acid groups (broad SMARTS) is 1. The highest BCUT2D eigenvalue weighted by Crippen LogP contribution is 2.30. The first-order valence-corrected chi connectivity index (χ1v) is 7.70. The number of benzene rings is 1. The average molecular weight is 318 g/mol. The van der Waals surface area contributed by atoms with Crippen LogP contribution in [-0.4, -0.2) is 51.1 Å². The van der Waals surface area contributed by atoms with Gasteiger partial charge in [-0.1, -0.05) is 13.0 Å². The second kappa shape index (κ2) is 6.45. The molecule has 23 heavy (non-hydrogen) atoms. The molecule has 0 amide bonds. The molecule has 1 saturated carbocycles. The van der Waals surface area contributed by atoms with Crippen molar-refractivity contribution >= 4 is 22.7 Å². The summed E-state index contributed by atoms with van der Waals surface area (Å²) in [6, 6.07) is 5.18. The van der Waals surface area contributed by atoms with Gasteiger partial charge >= 0.3 is 5.97 Å². The summed E-state index contributed by atoms with van der Waals surface area (Å²) in [5, 5.41) is 12.6. The van der Waals surface area contributed by atoms with Crippen LogP contribution in [0.3, 0.4) is 0 Å². The minimum atomic E-state index is -0.813. The van der Waals surface area contributed by atoms with Crippen LogP contribution < -0.4 is 5.32 Å². The van der Waals surface area contributed by atoms with E-state index in [1.165, 1.54) is 12.4 Å². The van der Waals surface area contributed by atoms with Crippen LogP contribution in [0.4, 0.5) is 10.2 Å². The van der Waals surface area contributed by atoms with Gasteiger partial charge in [-0.2, -0.15) is 0 Å². The standard InChI is InChI=1S/C16H19FN4O2/c1-2-21(8-14(22)23)11-6-10(7-11)20-16-15-12(17)4-3-5-13(15)18-9-19-16/h3-5,9-11H,2,6-8H2,1H3,(H,22,23)(H,18,19,20). The van der Waals surface area contributed by atoms with Crippen LogP contribution in [0.25, 0.3) is 10.9 Å². The molecule has 1 aliphatic rings. The number of likely N-dealkylation sites (N-methyl/N-ethyl adjacent to an activating group) is 1. The van der Waals surface area contributed by atoms with Crippen LogP contribution >= 0.6 is 0 Å². The molecule has 0 atom stereocenters. The normalized spacial score (nSPS) is 20.5. The van der Waals surface area contributed by atoms with E-state index in [2.05, 4.69) is 15.3 Å². The van der Waals surface area contributed by atoms with Crippen molar-refractivity contribution in [3.8, 4) is 0 Å². The summed E-state index contributed by atoms with van der Waals surface area (Å²) >= 11 is 0. The van der Waals surface area contributed by atoms with Gasteiger partial charge in [0.2, 0.25) is 0 Å². The van der Waals surface area contributed by atoms with E-state index in [0.717, 1.165) is 12.8 Å². The van der Waals surface area contributed by atoms with Gasteiger partial charge in [-0.15, -0.1) is 0 Å². The third-order valence-corrected chi connectivity index (χ3v) is 4.33. The molecule has 1 heterocycles. The fraction of sp³-hybridized carbons (Fsp3) is 0.438. The molecule has 2 aromatic rings. The molecule has 2 N–H and O–H groups in total. The molecule has 0 radical (unpaired) electrons. The first-order chi connectivity index (χ1) is 11.1. The van der Waals surface area contributed by atoms with Crippen molar-refractivity contribution in [2.24, 2.45) is 0 Å². The van der Waals surface area contributed by atoms with Gasteiger partial charge in [-0.25, -0.2) is 14.4 Å². The summed E-state index contributed by atoms with van der Waals surface area (Å²) in [4.78, 5) is 21.0. The van der Waals surface area contributed by atoms with Gasteiger partial charge in [-0.05, 0) is 31.5 Å². The minimum Gasteiger partial charge on any atom is -0.480 e. The molecule has 1 aromatic heterocycles. The third kappa shape index (κ3) is 3.24. The SMILES string of the molecule is CCN(CC(=O)O)C1CC(Nc2ncnc3cccc(F)c23)C1. The Morgan fingerprint density at radius 1 is 1.43 bits per heavy atom. The van der Waals surface area contributed by atoms with Crippen molar-refractivity contribution in [3.05, 3.63) is 30.3 Å². The maximum absolute atomic E-state index is 14.0. The van der Waals surface area contributed by atoms with Gasteiger partial charge in [0, 0.05) is 12.1 Å². The molecule has 3 rings (SSSR count). The largest absolute Gasteiger partial charge is 0.480 e. The summed E-state index contributed by atoms with van der Waals surface area (Å²) in [6.45, 7) is 2.71. The zero-order valence-electron chi connectivity index (χ0n) is 12.9. The molecule has 7 heteroatoms. The number of anilines is 1. The highest BCUT2D eigenvalue weighted by molar-refractivity contribution is 5.89. The van der Waals surface area contributed by atoms with Gasteiger partial charge in [0.25, 0.3) is 0 Å².